The highest BCUT2D eigenvalue weighted by atomic mass is 16.5. The second-order valence-electron chi connectivity index (χ2n) is 4.06. The lowest BCUT2D eigenvalue weighted by Gasteiger charge is -2.10. The van der Waals surface area contributed by atoms with Crippen molar-refractivity contribution in [1.29, 1.82) is 0 Å². The van der Waals surface area contributed by atoms with Crippen molar-refractivity contribution in [2.24, 2.45) is 0 Å². The van der Waals surface area contributed by atoms with Crippen LogP contribution < -0.4 is 4.74 Å². The predicted molar refractivity (Wildman–Crippen MR) is 69.7 cm³/mol. The molecule has 0 atom stereocenters. The number of fused-ring (bicyclic) bond motifs is 1. The first-order valence-electron chi connectivity index (χ1n) is 5.89. The normalized spacial score (nSPS) is 10.5. The van der Waals surface area contributed by atoms with E-state index in [1.54, 1.807) is 6.92 Å². The molecule has 0 saturated heterocycles. The molecule has 0 aromatic heterocycles. The van der Waals surface area contributed by atoms with Gasteiger partial charge >= 0.3 is 0 Å². The van der Waals surface area contributed by atoms with Gasteiger partial charge in [0.1, 0.15) is 5.75 Å². The van der Waals surface area contributed by atoms with Gasteiger partial charge in [0.15, 0.2) is 5.78 Å². The van der Waals surface area contributed by atoms with E-state index >= 15 is 0 Å². The monoisotopic (exact) mass is 228 g/mol. The second-order valence-corrected chi connectivity index (χ2v) is 4.06. The van der Waals surface area contributed by atoms with Crippen molar-refractivity contribution < 1.29 is 9.53 Å². The predicted octanol–water partition coefficient (Wildman–Crippen LogP) is 3.83. The standard InChI is InChI=1S/C15H16O2/c1-3-10-17-15-9-8-12(11(2)16)13-6-4-5-7-14(13)15/h4-9H,3,10H2,1-2H3. The van der Waals surface area contributed by atoms with Gasteiger partial charge in [-0.15, -0.1) is 0 Å². The van der Waals surface area contributed by atoms with E-state index in [0.29, 0.717) is 6.61 Å². The Hall–Kier alpha value is -1.83. The summed E-state index contributed by atoms with van der Waals surface area (Å²) in [6.07, 6.45) is 0.975. The van der Waals surface area contributed by atoms with Gasteiger partial charge in [0.2, 0.25) is 0 Å². The minimum Gasteiger partial charge on any atom is -0.493 e. The third kappa shape index (κ3) is 2.31. The Morgan fingerprint density at radius 1 is 1.12 bits per heavy atom. The summed E-state index contributed by atoms with van der Waals surface area (Å²) in [6, 6.07) is 11.6. The van der Waals surface area contributed by atoms with Crippen LogP contribution in [0.1, 0.15) is 30.6 Å². The maximum absolute atomic E-state index is 11.5. The number of hydrogen-bond donors (Lipinski definition) is 0. The molecule has 2 heteroatoms. The average molecular weight is 228 g/mol. The summed E-state index contributed by atoms with van der Waals surface area (Å²) >= 11 is 0. The number of ether oxygens (including phenoxy) is 1. The quantitative estimate of drug-likeness (QED) is 0.743. The fourth-order valence-electron chi connectivity index (χ4n) is 1.92. The third-order valence-corrected chi connectivity index (χ3v) is 2.73. The van der Waals surface area contributed by atoms with Crippen LogP contribution in [0.25, 0.3) is 10.8 Å². The minimum atomic E-state index is 0.0863. The maximum atomic E-state index is 11.5. The molecule has 0 bridgehead atoms. The Morgan fingerprint density at radius 3 is 2.47 bits per heavy atom. The summed E-state index contributed by atoms with van der Waals surface area (Å²) in [5.74, 6) is 0.940. The van der Waals surface area contributed by atoms with Crippen molar-refractivity contribution in [2.45, 2.75) is 20.3 Å². The zero-order valence-electron chi connectivity index (χ0n) is 10.2. The van der Waals surface area contributed by atoms with Crippen molar-refractivity contribution in [1.82, 2.24) is 0 Å². The van der Waals surface area contributed by atoms with Gasteiger partial charge in [-0.25, -0.2) is 0 Å². The molecule has 2 aromatic rings. The van der Waals surface area contributed by atoms with Gasteiger partial charge in [-0.2, -0.15) is 0 Å². The number of carbonyl (C=O) groups excluding carboxylic acids is 1. The largest absolute Gasteiger partial charge is 0.493 e. The van der Waals surface area contributed by atoms with E-state index in [0.717, 1.165) is 28.5 Å². The first-order valence-corrected chi connectivity index (χ1v) is 5.89. The summed E-state index contributed by atoms with van der Waals surface area (Å²) in [5.41, 5.74) is 0.754. The maximum Gasteiger partial charge on any atom is 0.160 e. The molecule has 2 nitrogen and oxygen atoms in total. The van der Waals surface area contributed by atoms with E-state index < -0.39 is 0 Å². The van der Waals surface area contributed by atoms with Crippen LogP contribution in [0, 0.1) is 0 Å². The van der Waals surface area contributed by atoms with Crippen LogP contribution in [0.15, 0.2) is 36.4 Å². The number of rotatable bonds is 4. The highest BCUT2D eigenvalue weighted by Crippen LogP contribution is 2.28. The van der Waals surface area contributed by atoms with Crippen LogP contribution in [0.4, 0.5) is 0 Å². The molecule has 2 rings (SSSR count). The van der Waals surface area contributed by atoms with Gasteiger partial charge in [0, 0.05) is 10.9 Å². The van der Waals surface area contributed by atoms with Crippen molar-refractivity contribution in [2.75, 3.05) is 6.61 Å². The molecule has 0 N–H and O–H groups in total. The molecule has 17 heavy (non-hydrogen) atoms. The van der Waals surface area contributed by atoms with Gasteiger partial charge in [-0.1, -0.05) is 31.2 Å². The molecule has 0 fully saturated rings. The van der Waals surface area contributed by atoms with Crippen molar-refractivity contribution >= 4 is 16.6 Å². The van der Waals surface area contributed by atoms with E-state index in [1.165, 1.54) is 0 Å². The Kier molecular flexibility index (Phi) is 3.43. The topological polar surface area (TPSA) is 26.3 Å². The van der Waals surface area contributed by atoms with E-state index in [9.17, 15) is 4.79 Å². The number of ketones is 1. The van der Waals surface area contributed by atoms with Gasteiger partial charge in [0.25, 0.3) is 0 Å². The molecule has 0 amide bonds. The zero-order valence-corrected chi connectivity index (χ0v) is 10.2. The van der Waals surface area contributed by atoms with Gasteiger partial charge in [-0.3, -0.25) is 4.79 Å². The molecule has 0 aliphatic heterocycles. The molecular weight excluding hydrogens is 212 g/mol. The fraction of sp³-hybridized carbons (Fsp3) is 0.267. The smallest absolute Gasteiger partial charge is 0.160 e. The van der Waals surface area contributed by atoms with E-state index in [1.807, 2.05) is 36.4 Å². The summed E-state index contributed by atoms with van der Waals surface area (Å²) in [6.45, 7) is 4.36. The molecule has 88 valence electrons. The highest BCUT2D eigenvalue weighted by molar-refractivity contribution is 6.08. The first-order chi connectivity index (χ1) is 8.24. The lowest BCUT2D eigenvalue weighted by molar-refractivity contribution is 0.101. The van der Waals surface area contributed by atoms with E-state index in [-0.39, 0.29) is 5.78 Å². The number of carbonyl (C=O) groups is 1. The van der Waals surface area contributed by atoms with Gasteiger partial charge in [-0.05, 0) is 30.9 Å². The molecule has 0 heterocycles. The van der Waals surface area contributed by atoms with Gasteiger partial charge < -0.3 is 4.74 Å². The highest BCUT2D eigenvalue weighted by Gasteiger charge is 2.09. The number of Topliss-reactive ketones (excluding diaryl/α,β-unsaturated/α-hetero) is 1. The molecule has 0 unspecified atom stereocenters. The molecule has 0 saturated carbocycles. The number of hydrogen-bond acceptors (Lipinski definition) is 2. The molecule has 0 aliphatic rings. The van der Waals surface area contributed by atoms with Crippen LogP contribution >= 0.6 is 0 Å². The third-order valence-electron chi connectivity index (χ3n) is 2.73. The number of benzene rings is 2. The lowest BCUT2D eigenvalue weighted by Crippen LogP contribution is -1.99. The van der Waals surface area contributed by atoms with Crippen molar-refractivity contribution in [3.63, 3.8) is 0 Å². The fourth-order valence-corrected chi connectivity index (χ4v) is 1.92. The summed E-state index contributed by atoms with van der Waals surface area (Å²) in [4.78, 5) is 11.5. The van der Waals surface area contributed by atoms with Crippen LogP contribution in [0.2, 0.25) is 0 Å². The van der Waals surface area contributed by atoms with E-state index in [4.69, 9.17) is 4.74 Å². The van der Waals surface area contributed by atoms with Crippen LogP contribution in [-0.2, 0) is 0 Å². The van der Waals surface area contributed by atoms with Crippen LogP contribution in [-0.4, -0.2) is 12.4 Å². The molecular formula is C15H16O2. The van der Waals surface area contributed by atoms with Gasteiger partial charge in [0.05, 0.1) is 6.61 Å². The summed E-state index contributed by atoms with van der Waals surface area (Å²) < 4.78 is 5.69. The lowest BCUT2D eigenvalue weighted by atomic mass is 10.0. The van der Waals surface area contributed by atoms with Crippen molar-refractivity contribution in [3.8, 4) is 5.75 Å². The Bertz CT molecular complexity index is 544. The molecule has 0 radical (unpaired) electrons. The first kappa shape index (κ1) is 11.6. The minimum absolute atomic E-state index is 0.0863. The Morgan fingerprint density at radius 2 is 1.82 bits per heavy atom. The molecule has 0 spiro atoms. The SMILES string of the molecule is CCCOc1ccc(C(C)=O)c2ccccc12. The summed E-state index contributed by atoms with van der Waals surface area (Å²) in [7, 11) is 0. The van der Waals surface area contributed by atoms with Crippen molar-refractivity contribution in [3.05, 3.63) is 42.0 Å². The van der Waals surface area contributed by atoms with Crippen LogP contribution in [0.5, 0.6) is 5.75 Å². The summed E-state index contributed by atoms with van der Waals surface area (Å²) in [5, 5.41) is 1.97. The second kappa shape index (κ2) is 5.00. The van der Waals surface area contributed by atoms with E-state index in [2.05, 4.69) is 6.92 Å². The molecule has 0 aliphatic carbocycles. The average Bonchev–Trinajstić information content (AvgIpc) is 2.35. The van der Waals surface area contributed by atoms with Crippen LogP contribution in [0.3, 0.4) is 0 Å². The molecule has 2 aromatic carbocycles. The zero-order chi connectivity index (χ0) is 12.3. The Labute approximate surface area is 101 Å². The Balaban J connectivity index is 2.58.